The van der Waals surface area contributed by atoms with E-state index < -0.39 is 9.84 Å². The summed E-state index contributed by atoms with van der Waals surface area (Å²) in [6.45, 7) is 5.95. The van der Waals surface area contributed by atoms with Crippen molar-refractivity contribution in [2.45, 2.75) is 32.9 Å². The first-order valence-electron chi connectivity index (χ1n) is 6.51. The molecule has 0 unspecified atom stereocenters. The highest BCUT2D eigenvalue weighted by Crippen LogP contribution is 2.20. The Hall–Kier alpha value is -0.870. The predicted molar refractivity (Wildman–Crippen MR) is 74.3 cm³/mol. The molecular formula is C14H21NO2S. The van der Waals surface area contributed by atoms with Crippen molar-refractivity contribution in [3.8, 4) is 0 Å². The zero-order valence-electron chi connectivity index (χ0n) is 11.1. The van der Waals surface area contributed by atoms with Crippen LogP contribution >= 0.6 is 0 Å². The summed E-state index contributed by atoms with van der Waals surface area (Å²) in [5.74, 6) is 0.675. The number of nitrogens with zero attached hydrogens (tertiary/aromatic N) is 1. The number of hydrogen-bond donors (Lipinski definition) is 0. The van der Waals surface area contributed by atoms with Crippen LogP contribution in [0.3, 0.4) is 0 Å². The molecule has 1 aromatic carbocycles. The molecule has 4 heteroatoms. The van der Waals surface area contributed by atoms with Crippen LogP contribution in [-0.2, 0) is 16.4 Å². The zero-order chi connectivity index (χ0) is 13.2. The van der Waals surface area contributed by atoms with Gasteiger partial charge in [0.25, 0.3) is 0 Å². The van der Waals surface area contributed by atoms with Crippen LogP contribution < -0.4 is 0 Å². The van der Waals surface area contributed by atoms with Crippen molar-refractivity contribution >= 4 is 9.84 Å². The molecule has 1 aliphatic heterocycles. The Kier molecular flexibility index (Phi) is 4.07. The molecule has 3 nitrogen and oxygen atoms in total. The third kappa shape index (κ3) is 3.12. The SMILES string of the molecule is CCN(Cc1ccccc1C)[C@H]1CCS(=O)(=O)C1. The molecule has 1 aromatic rings. The van der Waals surface area contributed by atoms with E-state index in [1.54, 1.807) is 0 Å². The van der Waals surface area contributed by atoms with Crippen LogP contribution in [0.25, 0.3) is 0 Å². The maximum Gasteiger partial charge on any atom is 0.151 e. The summed E-state index contributed by atoms with van der Waals surface area (Å²) in [5, 5.41) is 0. The maximum absolute atomic E-state index is 11.6. The lowest BCUT2D eigenvalue weighted by Crippen LogP contribution is -2.35. The van der Waals surface area contributed by atoms with Crippen molar-refractivity contribution in [3.05, 3.63) is 35.4 Å². The molecule has 0 spiro atoms. The molecule has 2 rings (SSSR count). The van der Waals surface area contributed by atoms with Gasteiger partial charge < -0.3 is 0 Å². The van der Waals surface area contributed by atoms with Crippen LogP contribution in [0.15, 0.2) is 24.3 Å². The lowest BCUT2D eigenvalue weighted by molar-refractivity contribution is 0.214. The van der Waals surface area contributed by atoms with Crippen molar-refractivity contribution in [1.82, 2.24) is 4.90 Å². The van der Waals surface area contributed by atoms with Gasteiger partial charge in [-0.2, -0.15) is 0 Å². The van der Waals surface area contributed by atoms with Crippen molar-refractivity contribution in [1.29, 1.82) is 0 Å². The summed E-state index contributed by atoms with van der Waals surface area (Å²) in [4.78, 5) is 2.28. The van der Waals surface area contributed by atoms with Crippen LogP contribution in [-0.4, -0.2) is 37.4 Å². The molecule has 0 radical (unpaired) electrons. The smallest absolute Gasteiger partial charge is 0.151 e. The monoisotopic (exact) mass is 267 g/mol. The number of aryl methyl sites for hydroxylation is 1. The molecule has 1 fully saturated rings. The molecule has 18 heavy (non-hydrogen) atoms. The van der Waals surface area contributed by atoms with Crippen LogP contribution in [0.1, 0.15) is 24.5 Å². The van der Waals surface area contributed by atoms with Crippen LogP contribution in [0, 0.1) is 6.92 Å². The Morgan fingerprint density at radius 3 is 2.61 bits per heavy atom. The highest BCUT2D eigenvalue weighted by Gasteiger charge is 2.31. The highest BCUT2D eigenvalue weighted by atomic mass is 32.2. The molecule has 0 saturated carbocycles. The number of sulfone groups is 1. The standard InChI is InChI=1S/C14H21NO2S/c1-3-15(14-8-9-18(16,17)11-14)10-13-7-5-4-6-12(13)2/h4-7,14H,3,8-11H2,1-2H3/t14-/m0/s1. The van der Waals surface area contributed by atoms with Gasteiger partial charge in [-0.1, -0.05) is 31.2 Å². The largest absolute Gasteiger partial charge is 0.295 e. The molecule has 1 heterocycles. The number of rotatable bonds is 4. The van der Waals surface area contributed by atoms with Crippen molar-refractivity contribution in [2.75, 3.05) is 18.1 Å². The fraction of sp³-hybridized carbons (Fsp3) is 0.571. The van der Waals surface area contributed by atoms with E-state index in [9.17, 15) is 8.42 Å². The first-order valence-corrected chi connectivity index (χ1v) is 8.33. The molecule has 1 atom stereocenters. The Morgan fingerprint density at radius 1 is 1.33 bits per heavy atom. The van der Waals surface area contributed by atoms with E-state index in [4.69, 9.17) is 0 Å². The Labute approximate surface area is 110 Å². The lowest BCUT2D eigenvalue weighted by Gasteiger charge is -2.27. The fourth-order valence-corrected chi connectivity index (χ4v) is 4.33. The number of benzene rings is 1. The molecule has 0 bridgehead atoms. The summed E-state index contributed by atoms with van der Waals surface area (Å²) < 4.78 is 23.1. The summed E-state index contributed by atoms with van der Waals surface area (Å²) in [6, 6.07) is 8.51. The average molecular weight is 267 g/mol. The van der Waals surface area contributed by atoms with Gasteiger partial charge in [0.05, 0.1) is 11.5 Å². The first kappa shape index (κ1) is 13.6. The van der Waals surface area contributed by atoms with Crippen LogP contribution in [0.5, 0.6) is 0 Å². The minimum absolute atomic E-state index is 0.194. The molecule has 1 aliphatic rings. The van der Waals surface area contributed by atoms with Gasteiger partial charge in [0.1, 0.15) is 0 Å². The molecule has 0 amide bonds. The normalized spacial score (nSPS) is 22.5. The summed E-state index contributed by atoms with van der Waals surface area (Å²) >= 11 is 0. The lowest BCUT2D eigenvalue weighted by atomic mass is 10.1. The van der Waals surface area contributed by atoms with Gasteiger partial charge in [-0.05, 0) is 31.0 Å². The zero-order valence-corrected chi connectivity index (χ0v) is 11.9. The van der Waals surface area contributed by atoms with Gasteiger partial charge >= 0.3 is 0 Å². The molecule has 1 saturated heterocycles. The van der Waals surface area contributed by atoms with Crippen molar-refractivity contribution in [2.24, 2.45) is 0 Å². The predicted octanol–water partition coefficient (Wildman–Crippen LogP) is 2.00. The second-order valence-corrected chi connectivity index (χ2v) is 7.28. The molecule has 0 aliphatic carbocycles. The third-order valence-corrected chi connectivity index (χ3v) is 5.52. The summed E-state index contributed by atoms with van der Waals surface area (Å²) in [7, 11) is -2.79. The van der Waals surface area contributed by atoms with Gasteiger partial charge in [0, 0.05) is 12.6 Å². The van der Waals surface area contributed by atoms with Crippen molar-refractivity contribution < 1.29 is 8.42 Å². The van der Waals surface area contributed by atoms with Gasteiger partial charge in [0.15, 0.2) is 9.84 Å². The quantitative estimate of drug-likeness (QED) is 0.837. The minimum atomic E-state index is -2.79. The fourth-order valence-electron chi connectivity index (χ4n) is 2.57. The van der Waals surface area contributed by atoms with E-state index in [1.807, 2.05) is 12.1 Å². The second-order valence-electron chi connectivity index (χ2n) is 5.05. The second kappa shape index (κ2) is 5.41. The van der Waals surface area contributed by atoms with E-state index in [-0.39, 0.29) is 6.04 Å². The first-order chi connectivity index (χ1) is 8.52. The topological polar surface area (TPSA) is 37.4 Å². The third-order valence-electron chi connectivity index (χ3n) is 3.77. The Bertz CT molecular complexity index is 510. The van der Waals surface area contributed by atoms with Crippen molar-refractivity contribution in [3.63, 3.8) is 0 Å². The molecule has 0 N–H and O–H groups in total. The Morgan fingerprint density at radius 2 is 2.06 bits per heavy atom. The van der Waals surface area contributed by atoms with Crippen LogP contribution in [0.4, 0.5) is 0 Å². The number of hydrogen-bond acceptors (Lipinski definition) is 3. The van der Waals surface area contributed by atoms with E-state index in [0.717, 1.165) is 19.5 Å². The van der Waals surface area contributed by atoms with E-state index in [0.29, 0.717) is 11.5 Å². The highest BCUT2D eigenvalue weighted by molar-refractivity contribution is 7.91. The average Bonchev–Trinajstić information content (AvgIpc) is 2.68. The summed E-state index contributed by atoms with van der Waals surface area (Å²) in [5.41, 5.74) is 2.57. The summed E-state index contributed by atoms with van der Waals surface area (Å²) in [6.07, 6.45) is 0.780. The maximum atomic E-state index is 11.6. The van der Waals surface area contributed by atoms with E-state index >= 15 is 0 Å². The van der Waals surface area contributed by atoms with Gasteiger partial charge in [-0.25, -0.2) is 8.42 Å². The van der Waals surface area contributed by atoms with Gasteiger partial charge in [-0.15, -0.1) is 0 Å². The van der Waals surface area contributed by atoms with Gasteiger partial charge in [0.2, 0.25) is 0 Å². The molecule has 0 aromatic heterocycles. The van der Waals surface area contributed by atoms with Crippen LogP contribution in [0.2, 0.25) is 0 Å². The van der Waals surface area contributed by atoms with E-state index in [1.165, 1.54) is 11.1 Å². The van der Waals surface area contributed by atoms with E-state index in [2.05, 4.69) is 30.9 Å². The minimum Gasteiger partial charge on any atom is -0.295 e. The Balaban J connectivity index is 2.09. The molecular weight excluding hydrogens is 246 g/mol. The molecule has 100 valence electrons. The van der Waals surface area contributed by atoms with Gasteiger partial charge in [-0.3, -0.25) is 4.90 Å².